The number of aromatic nitrogens is 2. The summed E-state index contributed by atoms with van der Waals surface area (Å²) in [4.78, 5) is 4.14. The van der Waals surface area contributed by atoms with Crippen LogP contribution in [0.3, 0.4) is 0 Å². The smallest absolute Gasteiger partial charge is 0.227 e. The van der Waals surface area contributed by atoms with E-state index in [0.29, 0.717) is 18.1 Å². The highest BCUT2D eigenvalue weighted by Crippen LogP contribution is 2.08. The highest BCUT2D eigenvalue weighted by Gasteiger charge is 2.09. The summed E-state index contributed by atoms with van der Waals surface area (Å²) in [7, 11) is 0. The van der Waals surface area contributed by atoms with Crippen molar-refractivity contribution in [1.29, 1.82) is 5.26 Å². The molecule has 0 aromatic carbocycles. The molecule has 0 spiro atoms. The summed E-state index contributed by atoms with van der Waals surface area (Å²) in [5, 5.41) is 12.3. The Morgan fingerprint density at radius 1 is 1.69 bits per heavy atom. The van der Waals surface area contributed by atoms with Crippen LogP contribution in [0.5, 0.6) is 0 Å². The summed E-state index contributed by atoms with van der Waals surface area (Å²) in [5.41, 5.74) is 0. The fraction of sp³-hybridized carbons (Fsp3) is 0.625. The molecular formula is C8H11N3OS. The van der Waals surface area contributed by atoms with Crippen molar-refractivity contribution in [2.45, 2.75) is 19.1 Å². The van der Waals surface area contributed by atoms with Gasteiger partial charge >= 0.3 is 0 Å². The largest absolute Gasteiger partial charge is 0.339 e. The van der Waals surface area contributed by atoms with Gasteiger partial charge in [0.05, 0.1) is 17.7 Å². The Hall–Kier alpha value is -1.02. The van der Waals surface area contributed by atoms with Crippen molar-refractivity contribution in [2.24, 2.45) is 5.92 Å². The molecule has 0 fully saturated rings. The van der Waals surface area contributed by atoms with Gasteiger partial charge in [0.15, 0.2) is 5.82 Å². The van der Waals surface area contributed by atoms with Crippen LogP contribution >= 0.6 is 11.8 Å². The van der Waals surface area contributed by atoms with Gasteiger partial charge in [-0.3, -0.25) is 0 Å². The normalized spacial score (nSPS) is 12.4. The Bertz CT molecular complexity index is 305. The number of hydrogen-bond donors (Lipinski definition) is 0. The minimum Gasteiger partial charge on any atom is -0.339 e. The third-order valence-electron chi connectivity index (χ3n) is 1.48. The van der Waals surface area contributed by atoms with E-state index in [1.165, 1.54) is 0 Å². The molecule has 0 aliphatic rings. The fourth-order valence-corrected chi connectivity index (χ4v) is 1.24. The minimum atomic E-state index is -0.0671. The highest BCUT2D eigenvalue weighted by atomic mass is 32.2. The lowest BCUT2D eigenvalue weighted by Crippen LogP contribution is -1.96. The molecule has 0 bridgehead atoms. The van der Waals surface area contributed by atoms with Gasteiger partial charge < -0.3 is 4.52 Å². The fourth-order valence-electron chi connectivity index (χ4n) is 0.868. The monoisotopic (exact) mass is 197 g/mol. The van der Waals surface area contributed by atoms with Gasteiger partial charge in [-0.15, -0.1) is 0 Å². The van der Waals surface area contributed by atoms with E-state index < -0.39 is 0 Å². The van der Waals surface area contributed by atoms with Crippen LogP contribution in [0, 0.1) is 17.2 Å². The Morgan fingerprint density at radius 2 is 2.46 bits per heavy atom. The van der Waals surface area contributed by atoms with Crippen LogP contribution < -0.4 is 0 Å². The van der Waals surface area contributed by atoms with Gasteiger partial charge in [0.2, 0.25) is 5.89 Å². The van der Waals surface area contributed by atoms with Crippen molar-refractivity contribution >= 4 is 11.8 Å². The summed E-state index contributed by atoms with van der Waals surface area (Å²) in [6, 6.07) is 2.12. The first kappa shape index (κ1) is 10.1. The van der Waals surface area contributed by atoms with Crippen molar-refractivity contribution in [3.63, 3.8) is 0 Å². The first-order valence-corrected chi connectivity index (χ1v) is 5.35. The molecule has 5 heteroatoms. The number of thioether (sulfide) groups is 1. The van der Waals surface area contributed by atoms with Gasteiger partial charge in [-0.1, -0.05) is 5.16 Å². The lowest BCUT2D eigenvalue weighted by molar-refractivity contribution is 0.366. The predicted octanol–water partition coefficient (Wildman–Crippen LogP) is 1.63. The maximum Gasteiger partial charge on any atom is 0.227 e. The van der Waals surface area contributed by atoms with E-state index in [2.05, 4.69) is 16.2 Å². The van der Waals surface area contributed by atoms with Crippen LogP contribution in [0.2, 0.25) is 0 Å². The summed E-state index contributed by atoms with van der Waals surface area (Å²) < 4.78 is 4.96. The Kier molecular flexibility index (Phi) is 3.77. The molecule has 0 aliphatic heterocycles. The van der Waals surface area contributed by atoms with Gasteiger partial charge in [-0.2, -0.15) is 22.0 Å². The van der Waals surface area contributed by atoms with E-state index in [9.17, 15) is 0 Å². The number of nitriles is 1. The van der Waals surface area contributed by atoms with E-state index >= 15 is 0 Å². The second kappa shape index (κ2) is 4.87. The zero-order valence-electron chi connectivity index (χ0n) is 7.65. The molecular weight excluding hydrogens is 186 g/mol. The van der Waals surface area contributed by atoms with Gasteiger partial charge in [-0.05, 0) is 13.2 Å². The van der Waals surface area contributed by atoms with Crippen LogP contribution in [-0.2, 0) is 12.2 Å². The molecule has 0 radical (unpaired) electrons. The average Bonchev–Trinajstić information content (AvgIpc) is 2.53. The third kappa shape index (κ3) is 3.07. The zero-order chi connectivity index (χ0) is 9.68. The van der Waals surface area contributed by atoms with Crippen molar-refractivity contribution < 1.29 is 4.52 Å². The second-order valence-electron chi connectivity index (χ2n) is 2.77. The molecule has 4 nitrogen and oxygen atoms in total. The molecule has 70 valence electrons. The maximum atomic E-state index is 8.56. The Balaban J connectivity index is 2.54. The first-order valence-electron chi connectivity index (χ1n) is 3.96. The summed E-state index contributed by atoms with van der Waals surface area (Å²) in [6.45, 7) is 1.83. The van der Waals surface area contributed by atoms with Gasteiger partial charge in [0.1, 0.15) is 0 Å². The number of rotatable bonds is 4. The van der Waals surface area contributed by atoms with Crippen molar-refractivity contribution in [2.75, 3.05) is 6.26 Å². The van der Waals surface area contributed by atoms with Gasteiger partial charge in [0, 0.05) is 6.42 Å². The highest BCUT2D eigenvalue weighted by molar-refractivity contribution is 7.97. The molecule has 1 rings (SSSR count). The van der Waals surface area contributed by atoms with Crippen LogP contribution in [0.4, 0.5) is 0 Å². The SMILES string of the molecule is CSCc1noc(CC(C)C#N)n1. The van der Waals surface area contributed by atoms with E-state index in [-0.39, 0.29) is 5.92 Å². The quantitative estimate of drug-likeness (QED) is 0.734. The molecule has 0 N–H and O–H groups in total. The van der Waals surface area contributed by atoms with E-state index in [0.717, 1.165) is 5.75 Å². The topological polar surface area (TPSA) is 62.7 Å². The molecule has 1 aromatic heterocycles. The van der Waals surface area contributed by atoms with Crippen LogP contribution in [0.1, 0.15) is 18.6 Å². The van der Waals surface area contributed by atoms with Crippen molar-refractivity contribution in [1.82, 2.24) is 10.1 Å². The van der Waals surface area contributed by atoms with E-state index in [4.69, 9.17) is 9.78 Å². The predicted molar refractivity (Wildman–Crippen MR) is 50.0 cm³/mol. The van der Waals surface area contributed by atoms with E-state index in [1.54, 1.807) is 11.8 Å². The first-order chi connectivity index (χ1) is 6.26. The Morgan fingerprint density at radius 3 is 3.08 bits per heavy atom. The molecule has 1 unspecified atom stereocenters. The van der Waals surface area contributed by atoms with Crippen LogP contribution in [0.25, 0.3) is 0 Å². The summed E-state index contributed by atoms with van der Waals surface area (Å²) in [5.74, 6) is 1.94. The van der Waals surface area contributed by atoms with Crippen LogP contribution in [-0.4, -0.2) is 16.4 Å². The second-order valence-corrected chi connectivity index (χ2v) is 3.64. The molecule has 0 aliphatic carbocycles. The lowest BCUT2D eigenvalue weighted by Gasteiger charge is -1.93. The summed E-state index contributed by atoms with van der Waals surface area (Å²) >= 11 is 1.64. The Labute approximate surface area is 81.3 Å². The van der Waals surface area contributed by atoms with E-state index in [1.807, 2.05) is 13.2 Å². The lowest BCUT2D eigenvalue weighted by atomic mass is 10.1. The van der Waals surface area contributed by atoms with Gasteiger partial charge in [-0.25, -0.2) is 0 Å². The molecule has 0 saturated heterocycles. The summed E-state index contributed by atoms with van der Waals surface area (Å²) in [6.07, 6.45) is 2.52. The molecule has 1 aromatic rings. The van der Waals surface area contributed by atoms with Crippen molar-refractivity contribution in [3.8, 4) is 6.07 Å². The molecule has 1 heterocycles. The zero-order valence-corrected chi connectivity index (χ0v) is 8.47. The maximum absolute atomic E-state index is 8.56. The van der Waals surface area contributed by atoms with Gasteiger partial charge in [0.25, 0.3) is 0 Å². The average molecular weight is 197 g/mol. The molecule has 0 saturated carbocycles. The minimum absolute atomic E-state index is 0.0671. The number of nitrogens with zero attached hydrogens (tertiary/aromatic N) is 3. The number of hydrogen-bond acceptors (Lipinski definition) is 5. The molecule has 13 heavy (non-hydrogen) atoms. The van der Waals surface area contributed by atoms with Crippen LogP contribution in [0.15, 0.2) is 4.52 Å². The molecule has 0 amide bonds. The standard InChI is InChI=1S/C8H11N3OS/c1-6(4-9)3-8-10-7(5-13-2)11-12-8/h6H,3,5H2,1-2H3. The van der Waals surface area contributed by atoms with Crippen molar-refractivity contribution in [3.05, 3.63) is 11.7 Å². The third-order valence-corrected chi connectivity index (χ3v) is 2.03. The molecule has 1 atom stereocenters.